The number of amides is 2. The molecule has 116 valence electrons. The summed E-state index contributed by atoms with van der Waals surface area (Å²) in [5.41, 5.74) is 0.439. The molecule has 1 aliphatic heterocycles. The SMILES string of the molecule is CCOC(=O)C(=O)CC(=O)CN1C(=O)c2ccccc2C1=O.[H-].[Na+]. The van der Waals surface area contributed by atoms with Crippen molar-refractivity contribution in [3.8, 4) is 0 Å². The molecule has 1 aliphatic rings. The molecule has 0 radical (unpaired) electrons. The fraction of sp³-hybridized carbons (Fsp3) is 0.267. The van der Waals surface area contributed by atoms with Crippen molar-refractivity contribution in [3.63, 3.8) is 0 Å². The summed E-state index contributed by atoms with van der Waals surface area (Å²) in [5, 5.41) is 0. The summed E-state index contributed by atoms with van der Waals surface area (Å²) in [4.78, 5) is 59.2. The van der Waals surface area contributed by atoms with Crippen LogP contribution in [-0.4, -0.2) is 47.4 Å². The number of benzene rings is 1. The summed E-state index contributed by atoms with van der Waals surface area (Å²) in [6.45, 7) is 1.01. The molecular formula is C15H14NNaO6. The zero-order valence-corrected chi connectivity index (χ0v) is 14.8. The van der Waals surface area contributed by atoms with Crippen molar-refractivity contribution in [1.29, 1.82) is 0 Å². The van der Waals surface area contributed by atoms with Crippen LogP contribution >= 0.6 is 0 Å². The van der Waals surface area contributed by atoms with E-state index < -0.39 is 42.3 Å². The molecule has 0 fully saturated rings. The Labute approximate surface area is 155 Å². The van der Waals surface area contributed by atoms with Gasteiger partial charge in [-0.1, -0.05) is 12.1 Å². The molecule has 0 saturated carbocycles. The van der Waals surface area contributed by atoms with E-state index in [1.807, 2.05) is 0 Å². The van der Waals surface area contributed by atoms with Gasteiger partial charge in [0.15, 0.2) is 5.78 Å². The number of imide groups is 1. The molecule has 1 aromatic rings. The second kappa shape index (κ2) is 8.14. The van der Waals surface area contributed by atoms with E-state index in [4.69, 9.17) is 0 Å². The molecule has 0 saturated heterocycles. The summed E-state index contributed by atoms with van der Waals surface area (Å²) in [5.74, 6) is -3.97. The Hall–Kier alpha value is -1.83. The van der Waals surface area contributed by atoms with E-state index in [2.05, 4.69) is 4.74 Å². The van der Waals surface area contributed by atoms with Crippen LogP contribution < -0.4 is 29.6 Å². The topological polar surface area (TPSA) is 97.8 Å². The number of esters is 1. The first-order chi connectivity index (χ1) is 10.5. The van der Waals surface area contributed by atoms with E-state index in [1.165, 1.54) is 19.1 Å². The monoisotopic (exact) mass is 327 g/mol. The van der Waals surface area contributed by atoms with E-state index in [0.717, 1.165) is 4.90 Å². The Kier molecular flexibility index (Phi) is 6.80. The maximum Gasteiger partial charge on any atom is 1.00 e. The first-order valence-electron chi connectivity index (χ1n) is 6.62. The molecule has 7 nitrogen and oxygen atoms in total. The van der Waals surface area contributed by atoms with Crippen LogP contribution in [0, 0.1) is 0 Å². The Bertz CT molecular complexity index is 655. The fourth-order valence-corrected chi connectivity index (χ4v) is 2.08. The molecule has 2 rings (SSSR count). The zero-order chi connectivity index (χ0) is 16.3. The van der Waals surface area contributed by atoms with Gasteiger partial charge in [0.1, 0.15) is 0 Å². The minimum absolute atomic E-state index is 0. The summed E-state index contributed by atoms with van der Waals surface area (Å²) >= 11 is 0. The Balaban J connectivity index is 0.00000264. The smallest absolute Gasteiger partial charge is 1.00 e. The van der Waals surface area contributed by atoms with Gasteiger partial charge in [-0.2, -0.15) is 0 Å². The van der Waals surface area contributed by atoms with Crippen molar-refractivity contribution in [2.45, 2.75) is 13.3 Å². The second-order valence-electron chi connectivity index (χ2n) is 4.60. The third-order valence-electron chi connectivity index (χ3n) is 3.07. The van der Waals surface area contributed by atoms with E-state index in [9.17, 15) is 24.0 Å². The van der Waals surface area contributed by atoms with E-state index in [1.54, 1.807) is 12.1 Å². The van der Waals surface area contributed by atoms with Crippen LogP contribution in [0.25, 0.3) is 0 Å². The van der Waals surface area contributed by atoms with Crippen molar-refractivity contribution < 1.29 is 59.7 Å². The molecule has 1 aromatic carbocycles. The summed E-state index contributed by atoms with van der Waals surface area (Å²) in [6, 6.07) is 6.20. The third kappa shape index (κ3) is 4.13. The first kappa shape index (κ1) is 19.2. The minimum atomic E-state index is -1.10. The molecule has 0 aliphatic carbocycles. The molecule has 0 aromatic heterocycles. The van der Waals surface area contributed by atoms with Gasteiger partial charge in [-0.05, 0) is 19.1 Å². The largest absolute Gasteiger partial charge is 1.00 e. The molecule has 0 atom stereocenters. The number of nitrogens with zero attached hydrogens (tertiary/aromatic N) is 1. The molecule has 2 amide bonds. The van der Waals surface area contributed by atoms with Crippen LogP contribution in [0.15, 0.2) is 24.3 Å². The number of hydrogen-bond donors (Lipinski definition) is 0. The van der Waals surface area contributed by atoms with Gasteiger partial charge in [-0.15, -0.1) is 0 Å². The van der Waals surface area contributed by atoms with Crippen molar-refractivity contribution in [3.05, 3.63) is 35.4 Å². The van der Waals surface area contributed by atoms with E-state index >= 15 is 0 Å². The summed E-state index contributed by atoms with van der Waals surface area (Å²) in [7, 11) is 0. The molecule has 0 unspecified atom stereocenters. The number of carbonyl (C=O) groups excluding carboxylic acids is 5. The van der Waals surface area contributed by atoms with Crippen LogP contribution in [0.2, 0.25) is 0 Å². The fourth-order valence-electron chi connectivity index (χ4n) is 2.08. The Morgan fingerprint density at radius 2 is 1.61 bits per heavy atom. The quantitative estimate of drug-likeness (QED) is 0.188. The number of fused-ring (bicyclic) bond motifs is 1. The van der Waals surface area contributed by atoms with Crippen LogP contribution in [0.1, 0.15) is 35.5 Å². The van der Waals surface area contributed by atoms with Crippen molar-refractivity contribution in [2.75, 3.05) is 13.2 Å². The molecule has 8 heteroatoms. The molecule has 0 spiro atoms. The van der Waals surface area contributed by atoms with Gasteiger partial charge in [0, 0.05) is 0 Å². The molecular weight excluding hydrogens is 313 g/mol. The van der Waals surface area contributed by atoms with Crippen molar-refractivity contribution in [1.82, 2.24) is 4.90 Å². The van der Waals surface area contributed by atoms with Gasteiger partial charge >= 0.3 is 35.5 Å². The van der Waals surface area contributed by atoms with Crippen LogP contribution in [0.5, 0.6) is 0 Å². The number of ketones is 2. The number of hydrogen-bond acceptors (Lipinski definition) is 6. The predicted molar refractivity (Wildman–Crippen MR) is 74.2 cm³/mol. The van der Waals surface area contributed by atoms with Gasteiger partial charge in [0.25, 0.3) is 11.8 Å². The average Bonchev–Trinajstić information content (AvgIpc) is 2.73. The molecule has 1 heterocycles. The van der Waals surface area contributed by atoms with Gasteiger partial charge < -0.3 is 6.16 Å². The molecule has 23 heavy (non-hydrogen) atoms. The van der Waals surface area contributed by atoms with Crippen LogP contribution in [0.4, 0.5) is 0 Å². The van der Waals surface area contributed by atoms with Gasteiger partial charge in [0.2, 0.25) is 5.78 Å². The molecule has 0 N–H and O–H groups in total. The summed E-state index contributed by atoms with van der Waals surface area (Å²) < 4.78 is 4.48. The third-order valence-corrected chi connectivity index (χ3v) is 3.07. The Morgan fingerprint density at radius 1 is 1.09 bits per heavy atom. The normalized spacial score (nSPS) is 12.5. The van der Waals surface area contributed by atoms with Crippen molar-refractivity contribution >= 4 is 29.4 Å². The van der Waals surface area contributed by atoms with E-state index in [0.29, 0.717) is 0 Å². The van der Waals surface area contributed by atoms with Crippen LogP contribution in [0.3, 0.4) is 0 Å². The summed E-state index contributed by atoms with van der Waals surface area (Å²) in [6.07, 6.45) is -0.702. The average molecular weight is 327 g/mol. The minimum Gasteiger partial charge on any atom is -1.00 e. The second-order valence-corrected chi connectivity index (χ2v) is 4.60. The van der Waals surface area contributed by atoms with E-state index in [-0.39, 0.29) is 48.7 Å². The number of Topliss-reactive ketones (excluding diaryl/α,β-unsaturated/α-hetero) is 2. The maximum atomic E-state index is 12.0. The molecule has 0 bridgehead atoms. The Morgan fingerprint density at radius 3 is 2.09 bits per heavy atom. The number of rotatable bonds is 6. The number of carbonyl (C=O) groups is 5. The van der Waals surface area contributed by atoms with Gasteiger partial charge in [-0.3, -0.25) is 24.1 Å². The first-order valence-corrected chi connectivity index (χ1v) is 6.62. The maximum absolute atomic E-state index is 12.0. The van der Waals surface area contributed by atoms with Crippen LogP contribution in [-0.2, 0) is 19.1 Å². The van der Waals surface area contributed by atoms with Crippen molar-refractivity contribution in [2.24, 2.45) is 0 Å². The standard InChI is InChI=1S/C15H13NO6.Na.H/c1-2-22-15(21)12(18)7-9(17)8-16-13(19)10-5-3-4-6-11(10)14(16)20;;/h3-6H,2,7-8H2,1H3;;/q;+1;-1. The van der Waals surface area contributed by atoms with Gasteiger partial charge in [0.05, 0.1) is 30.7 Å². The zero-order valence-electron chi connectivity index (χ0n) is 13.8. The number of ether oxygens (including phenoxy) is 1. The van der Waals surface area contributed by atoms with Gasteiger partial charge in [-0.25, -0.2) is 4.79 Å². The predicted octanol–water partition coefficient (Wildman–Crippen LogP) is -2.51.